The van der Waals surface area contributed by atoms with Crippen LogP contribution < -0.4 is 20.1 Å². The molecule has 7 heteroatoms. The monoisotopic (exact) mass is 364 g/mol. The number of benzene rings is 1. The Labute approximate surface area is 154 Å². The van der Waals surface area contributed by atoms with Crippen molar-refractivity contribution in [1.82, 2.24) is 10.6 Å². The molecule has 0 aliphatic carbocycles. The van der Waals surface area contributed by atoms with E-state index >= 15 is 0 Å². The van der Waals surface area contributed by atoms with Gasteiger partial charge in [0.2, 0.25) is 11.8 Å². The molecule has 2 amide bonds. The molecule has 3 atom stereocenters. The number of aliphatic hydroxyl groups is 1. The van der Waals surface area contributed by atoms with Crippen LogP contribution in [0.5, 0.6) is 11.5 Å². The number of hydrogen-bond donors (Lipinski definition) is 3. The third-order valence-electron chi connectivity index (χ3n) is 4.62. The van der Waals surface area contributed by atoms with E-state index in [0.717, 1.165) is 12.0 Å². The third kappa shape index (κ3) is 5.11. The van der Waals surface area contributed by atoms with Crippen LogP contribution in [0.25, 0.3) is 0 Å². The van der Waals surface area contributed by atoms with Crippen LogP contribution >= 0.6 is 0 Å². The number of methoxy groups -OCH3 is 1. The second-order valence-corrected chi connectivity index (χ2v) is 6.52. The van der Waals surface area contributed by atoms with Gasteiger partial charge in [0, 0.05) is 18.4 Å². The van der Waals surface area contributed by atoms with Crippen LogP contribution in [0, 0.1) is 5.92 Å². The van der Waals surface area contributed by atoms with Crippen LogP contribution in [0.2, 0.25) is 0 Å². The number of ether oxygens (including phenoxy) is 2. The minimum absolute atomic E-state index is 0.0605. The Morgan fingerprint density at radius 1 is 1.42 bits per heavy atom. The fourth-order valence-corrected chi connectivity index (χ4v) is 3.11. The average molecular weight is 364 g/mol. The predicted octanol–water partition coefficient (Wildman–Crippen LogP) is 1.55. The molecule has 0 bridgehead atoms. The van der Waals surface area contributed by atoms with Crippen LogP contribution in [-0.2, 0) is 9.59 Å². The van der Waals surface area contributed by atoms with Gasteiger partial charge in [0.25, 0.3) is 0 Å². The Bertz CT molecular complexity index is 634. The molecule has 1 heterocycles. The van der Waals surface area contributed by atoms with Gasteiger partial charge in [-0.2, -0.15) is 0 Å². The van der Waals surface area contributed by atoms with E-state index in [9.17, 15) is 9.59 Å². The van der Waals surface area contributed by atoms with E-state index in [2.05, 4.69) is 10.6 Å². The normalized spacial score (nSPS) is 20.8. The zero-order valence-electron chi connectivity index (χ0n) is 15.6. The highest BCUT2D eigenvalue weighted by atomic mass is 16.5. The first kappa shape index (κ1) is 20.0. The Hall–Kier alpha value is -2.28. The molecule has 1 aliphatic rings. The van der Waals surface area contributed by atoms with Crippen molar-refractivity contribution in [3.05, 3.63) is 23.8 Å². The molecule has 3 N–H and O–H groups in total. The van der Waals surface area contributed by atoms with Crippen LogP contribution in [-0.4, -0.2) is 43.3 Å². The van der Waals surface area contributed by atoms with Crippen molar-refractivity contribution >= 4 is 11.8 Å². The van der Waals surface area contributed by atoms with Gasteiger partial charge in [-0.1, -0.05) is 13.0 Å². The van der Waals surface area contributed by atoms with Crippen LogP contribution in [0.3, 0.4) is 0 Å². The van der Waals surface area contributed by atoms with Gasteiger partial charge in [0.05, 0.1) is 19.8 Å². The van der Waals surface area contributed by atoms with E-state index in [1.807, 2.05) is 19.9 Å². The maximum atomic E-state index is 12.6. The van der Waals surface area contributed by atoms with E-state index < -0.39 is 0 Å². The topological polar surface area (TPSA) is 96.9 Å². The van der Waals surface area contributed by atoms with Crippen LogP contribution in [0.4, 0.5) is 0 Å². The molecule has 1 fully saturated rings. The molecule has 2 rings (SSSR count). The first-order valence-electron chi connectivity index (χ1n) is 8.99. The van der Waals surface area contributed by atoms with Crippen molar-refractivity contribution in [1.29, 1.82) is 0 Å². The number of amides is 2. The first-order valence-corrected chi connectivity index (χ1v) is 8.99. The van der Waals surface area contributed by atoms with Gasteiger partial charge in [0.1, 0.15) is 6.61 Å². The highest BCUT2D eigenvalue weighted by Crippen LogP contribution is 2.30. The smallest absolute Gasteiger partial charge is 0.224 e. The number of carbonyl (C=O) groups is 2. The number of piperidine rings is 1. The highest BCUT2D eigenvalue weighted by Gasteiger charge is 2.31. The van der Waals surface area contributed by atoms with Gasteiger partial charge < -0.3 is 25.2 Å². The number of aliphatic hydroxyl groups excluding tert-OH is 1. The van der Waals surface area contributed by atoms with Crippen molar-refractivity contribution in [3.8, 4) is 11.5 Å². The third-order valence-corrected chi connectivity index (χ3v) is 4.62. The molecule has 1 saturated heterocycles. The molecule has 144 valence electrons. The van der Waals surface area contributed by atoms with Crippen molar-refractivity contribution in [2.24, 2.45) is 5.92 Å². The molecule has 0 spiro atoms. The van der Waals surface area contributed by atoms with Crippen molar-refractivity contribution < 1.29 is 24.2 Å². The quantitative estimate of drug-likeness (QED) is 0.650. The van der Waals surface area contributed by atoms with Crippen molar-refractivity contribution in [2.75, 3.05) is 20.3 Å². The number of carbonyl (C=O) groups excluding carboxylic acids is 2. The summed E-state index contributed by atoms with van der Waals surface area (Å²) in [5, 5.41) is 14.8. The molecule has 7 nitrogen and oxygen atoms in total. The summed E-state index contributed by atoms with van der Waals surface area (Å²) >= 11 is 0. The Morgan fingerprint density at radius 2 is 2.19 bits per heavy atom. The van der Waals surface area contributed by atoms with E-state index in [1.165, 1.54) is 0 Å². The van der Waals surface area contributed by atoms with E-state index in [0.29, 0.717) is 17.9 Å². The van der Waals surface area contributed by atoms with Gasteiger partial charge >= 0.3 is 0 Å². The fraction of sp³-hybridized carbons (Fsp3) is 0.579. The summed E-state index contributed by atoms with van der Waals surface area (Å²) in [5.41, 5.74) is 0.874. The first-order chi connectivity index (χ1) is 12.5. The van der Waals surface area contributed by atoms with Crippen LogP contribution in [0.1, 0.15) is 44.7 Å². The molecular formula is C19H28N2O5. The SMILES string of the molecule is CC[C@@H]1C[C@H](C(=O)NC(C)c2ccc(OCCO)c(OC)c2)CC(=O)N1. The summed E-state index contributed by atoms with van der Waals surface area (Å²) in [6.45, 7) is 4.00. The summed E-state index contributed by atoms with van der Waals surface area (Å²) in [5.74, 6) is 0.609. The zero-order valence-corrected chi connectivity index (χ0v) is 15.6. The lowest BCUT2D eigenvalue weighted by Gasteiger charge is -2.29. The minimum Gasteiger partial charge on any atom is -0.493 e. The lowest BCUT2D eigenvalue weighted by atomic mass is 9.89. The number of rotatable bonds is 8. The average Bonchev–Trinajstić information content (AvgIpc) is 2.65. The van der Waals surface area contributed by atoms with Gasteiger partial charge in [-0.3, -0.25) is 9.59 Å². The molecule has 26 heavy (non-hydrogen) atoms. The van der Waals surface area contributed by atoms with E-state index in [4.69, 9.17) is 14.6 Å². The summed E-state index contributed by atoms with van der Waals surface area (Å²) in [6, 6.07) is 5.25. The molecular weight excluding hydrogens is 336 g/mol. The molecule has 1 aromatic carbocycles. The summed E-state index contributed by atoms with van der Waals surface area (Å²) in [4.78, 5) is 24.3. The number of hydrogen-bond acceptors (Lipinski definition) is 5. The zero-order chi connectivity index (χ0) is 19.1. The Kier molecular flexibility index (Phi) is 7.26. The van der Waals surface area contributed by atoms with Gasteiger partial charge in [0.15, 0.2) is 11.5 Å². The standard InChI is InChI=1S/C19H28N2O5/c1-4-15-9-14(11-18(23)21-15)19(24)20-12(2)13-5-6-16(26-8-7-22)17(10-13)25-3/h5-6,10,12,14-15,22H,4,7-9,11H2,1-3H3,(H,20,24)(H,21,23)/t12?,14-,15+/m0/s1. The van der Waals surface area contributed by atoms with Gasteiger partial charge in [-0.25, -0.2) is 0 Å². The second kappa shape index (κ2) is 9.43. The molecule has 0 radical (unpaired) electrons. The van der Waals surface area contributed by atoms with Crippen molar-refractivity contribution in [3.63, 3.8) is 0 Å². The summed E-state index contributed by atoms with van der Waals surface area (Å²) in [6.07, 6.45) is 1.71. The predicted molar refractivity (Wildman–Crippen MR) is 97.1 cm³/mol. The molecule has 1 aromatic rings. The minimum atomic E-state index is -0.301. The fourth-order valence-electron chi connectivity index (χ4n) is 3.11. The second-order valence-electron chi connectivity index (χ2n) is 6.52. The van der Waals surface area contributed by atoms with Gasteiger partial charge in [-0.15, -0.1) is 0 Å². The lowest BCUT2D eigenvalue weighted by Crippen LogP contribution is -2.46. The Balaban J connectivity index is 2.03. The van der Waals surface area contributed by atoms with E-state index in [1.54, 1.807) is 19.2 Å². The summed E-state index contributed by atoms with van der Waals surface area (Å²) < 4.78 is 10.7. The van der Waals surface area contributed by atoms with E-state index in [-0.39, 0.29) is 49.5 Å². The summed E-state index contributed by atoms with van der Waals surface area (Å²) in [7, 11) is 1.54. The molecule has 1 unspecified atom stereocenters. The van der Waals surface area contributed by atoms with Gasteiger partial charge in [-0.05, 0) is 37.5 Å². The highest BCUT2D eigenvalue weighted by molar-refractivity contribution is 5.87. The Morgan fingerprint density at radius 3 is 2.85 bits per heavy atom. The van der Waals surface area contributed by atoms with Crippen LogP contribution in [0.15, 0.2) is 18.2 Å². The number of nitrogens with one attached hydrogen (secondary N) is 2. The molecule has 0 saturated carbocycles. The molecule has 1 aliphatic heterocycles. The molecule has 0 aromatic heterocycles. The van der Waals surface area contributed by atoms with Crippen molar-refractivity contribution in [2.45, 2.75) is 45.2 Å². The lowest BCUT2D eigenvalue weighted by molar-refractivity contribution is -0.134. The maximum absolute atomic E-state index is 12.6. The maximum Gasteiger partial charge on any atom is 0.224 e. The largest absolute Gasteiger partial charge is 0.493 e.